The molecule has 1 amide bonds. The van der Waals surface area contributed by atoms with E-state index in [0.717, 1.165) is 12.8 Å². The minimum atomic E-state index is 0.394. The van der Waals surface area contributed by atoms with Crippen molar-refractivity contribution in [2.75, 3.05) is 0 Å². The number of rotatable bonds is 7. The molecule has 1 aliphatic heterocycles. The number of amides is 1. The second-order valence-electron chi connectivity index (χ2n) is 5.95. The molecule has 18 heavy (non-hydrogen) atoms. The number of nitrogens with zero attached hydrogens (tertiary/aromatic N) is 1. The van der Waals surface area contributed by atoms with Crippen molar-refractivity contribution in [1.29, 1.82) is 0 Å². The number of hydrogen-bond acceptors (Lipinski definition) is 1. The molecule has 2 nitrogen and oxygen atoms in total. The van der Waals surface area contributed by atoms with Gasteiger partial charge < -0.3 is 4.90 Å². The molecule has 0 aromatic carbocycles. The summed E-state index contributed by atoms with van der Waals surface area (Å²) in [6, 6.07) is 0.919. The van der Waals surface area contributed by atoms with Gasteiger partial charge >= 0.3 is 0 Å². The molecule has 1 fully saturated rings. The van der Waals surface area contributed by atoms with Crippen LogP contribution in [-0.4, -0.2) is 22.9 Å². The van der Waals surface area contributed by atoms with E-state index in [1.165, 1.54) is 51.4 Å². The van der Waals surface area contributed by atoms with Crippen LogP contribution in [0, 0.1) is 0 Å². The maximum atomic E-state index is 12.2. The van der Waals surface area contributed by atoms with Crippen LogP contribution >= 0.6 is 0 Å². The molecular formula is C16H31NO. The Balaban J connectivity index is 2.18. The monoisotopic (exact) mass is 253 g/mol. The van der Waals surface area contributed by atoms with Crippen LogP contribution < -0.4 is 0 Å². The van der Waals surface area contributed by atoms with Crippen molar-refractivity contribution in [1.82, 2.24) is 4.90 Å². The Kier molecular flexibility index (Phi) is 7.38. The zero-order valence-corrected chi connectivity index (χ0v) is 12.6. The lowest BCUT2D eigenvalue weighted by Crippen LogP contribution is -2.47. The van der Waals surface area contributed by atoms with Crippen molar-refractivity contribution in [3.63, 3.8) is 0 Å². The van der Waals surface area contributed by atoms with Gasteiger partial charge in [0.2, 0.25) is 5.91 Å². The Morgan fingerprint density at radius 2 is 1.56 bits per heavy atom. The van der Waals surface area contributed by atoms with E-state index in [0.29, 0.717) is 18.0 Å². The molecule has 0 N–H and O–H groups in total. The van der Waals surface area contributed by atoms with Crippen molar-refractivity contribution < 1.29 is 4.79 Å². The first-order chi connectivity index (χ1) is 8.66. The van der Waals surface area contributed by atoms with Crippen molar-refractivity contribution >= 4 is 5.91 Å². The zero-order chi connectivity index (χ0) is 13.4. The van der Waals surface area contributed by atoms with E-state index in [-0.39, 0.29) is 0 Å². The fourth-order valence-corrected chi connectivity index (χ4v) is 3.10. The highest BCUT2D eigenvalue weighted by Gasteiger charge is 2.28. The lowest BCUT2D eigenvalue weighted by atomic mass is 9.96. The molecule has 0 bridgehead atoms. The van der Waals surface area contributed by atoms with Crippen LogP contribution in [0.5, 0.6) is 0 Å². The fraction of sp³-hybridized carbons (Fsp3) is 0.938. The average Bonchev–Trinajstić information content (AvgIpc) is 2.33. The Bertz CT molecular complexity index is 229. The van der Waals surface area contributed by atoms with Gasteiger partial charge in [0.1, 0.15) is 0 Å². The number of piperidine rings is 1. The van der Waals surface area contributed by atoms with Crippen molar-refractivity contribution in [3.05, 3.63) is 0 Å². The largest absolute Gasteiger partial charge is 0.337 e. The van der Waals surface area contributed by atoms with Crippen molar-refractivity contribution in [2.45, 2.75) is 97.1 Å². The number of unbranched alkanes of at least 4 members (excludes halogenated alkanes) is 5. The van der Waals surface area contributed by atoms with Gasteiger partial charge in [-0.1, -0.05) is 39.0 Å². The third-order valence-corrected chi connectivity index (χ3v) is 4.23. The fourth-order valence-electron chi connectivity index (χ4n) is 3.10. The molecule has 1 aliphatic rings. The van der Waals surface area contributed by atoms with Crippen LogP contribution in [-0.2, 0) is 4.79 Å². The summed E-state index contributed by atoms with van der Waals surface area (Å²) in [5.41, 5.74) is 0. The Hall–Kier alpha value is -0.530. The Morgan fingerprint density at radius 3 is 2.17 bits per heavy atom. The summed E-state index contributed by atoms with van der Waals surface area (Å²) in [4.78, 5) is 14.4. The topological polar surface area (TPSA) is 20.3 Å². The van der Waals surface area contributed by atoms with Crippen molar-refractivity contribution in [3.8, 4) is 0 Å². The Morgan fingerprint density at radius 1 is 1.00 bits per heavy atom. The molecule has 0 saturated carbocycles. The summed E-state index contributed by atoms with van der Waals surface area (Å²) in [5.74, 6) is 0.394. The standard InChI is InChI=1S/C16H31NO/c1-4-5-6-7-8-9-13-16(18)17-14(2)11-10-12-15(17)3/h14-15H,4-13H2,1-3H3/t14-,15-/m1/s1. The van der Waals surface area contributed by atoms with Crippen LogP contribution in [0.2, 0.25) is 0 Å². The van der Waals surface area contributed by atoms with Gasteiger partial charge in [0.25, 0.3) is 0 Å². The highest BCUT2D eigenvalue weighted by molar-refractivity contribution is 5.76. The highest BCUT2D eigenvalue weighted by Crippen LogP contribution is 2.23. The lowest BCUT2D eigenvalue weighted by molar-refractivity contribution is -0.137. The van der Waals surface area contributed by atoms with Crippen LogP contribution in [0.25, 0.3) is 0 Å². The van der Waals surface area contributed by atoms with E-state index in [1.54, 1.807) is 0 Å². The van der Waals surface area contributed by atoms with E-state index in [9.17, 15) is 4.79 Å². The third kappa shape index (κ3) is 4.99. The van der Waals surface area contributed by atoms with Crippen LogP contribution in [0.3, 0.4) is 0 Å². The normalized spacial score (nSPS) is 24.3. The molecule has 0 spiro atoms. The van der Waals surface area contributed by atoms with Gasteiger partial charge in [-0.15, -0.1) is 0 Å². The summed E-state index contributed by atoms with van der Waals surface area (Å²) >= 11 is 0. The predicted octanol–water partition coefficient (Wildman–Crippen LogP) is 4.53. The molecule has 0 aliphatic carbocycles. The number of likely N-dealkylation sites (tertiary alicyclic amines) is 1. The maximum absolute atomic E-state index is 12.2. The van der Waals surface area contributed by atoms with Gasteiger partial charge in [0.05, 0.1) is 0 Å². The quantitative estimate of drug-likeness (QED) is 0.611. The van der Waals surface area contributed by atoms with E-state index in [4.69, 9.17) is 0 Å². The van der Waals surface area contributed by atoms with Gasteiger partial charge in [0, 0.05) is 18.5 Å². The van der Waals surface area contributed by atoms with E-state index < -0.39 is 0 Å². The number of carbonyl (C=O) groups excluding carboxylic acids is 1. The molecule has 0 unspecified atom stereocenters. The Labute approximate surface area is 113 Å². The SMILES string of the molecule is CCCCCCCCC(=O)N1[C@H](C)CCC[C@H]1C. The lowest BCUT2D eigenvalue weighted by Gasteiger charge is -2.39. The second kappa shape index (κ2) is 8.55. The molecule has 0 radical (unpaired) electrons. The minimum absolute atomic E-state index is 0.394. The summed E-state index contributed by atoms with van der Waals surface area (Å²) in [6.07, 6.45) is 12.0. The zero-order valence-electron chi connectivity index (χ0n) is 12.6. The summed E-state index contributed by atoms with van der Waals surface area (Å²) in [7, 11) is 0. The predicted molar refractivity (Wildman–Crippen MR) is 77.6 cm³/mol. The molecule has 0 aromatic heterocycles. The van der Waals surface area contributed by atoms with E-state index >= 15 is 0 Å². The third-order valence-electron chi connectivity index (χ3n) is 4.23. The smallest absolute Gasteiger partial charge is 0.223 e. The molecule has 2 heteroatoms. The maximum Gasteiger partial charge on any atom is 0.223 e. The number of hydrogen-bond donors (Lipinski definition) is 0. The molecule has 0 aromatic rings. The first-order valence-electron chi connectivity index (χ1n) is 7.98. The highest BCUT2D eigenvalue weighted by atomic mass is 16.2. The van der Waals surface area contributed by atoms with Crippen molar-refractivity contribution in [2.24, 2.45) is 0 Å². The summed E-state index contributed by atoms with van der Waals surface area (Å²) < 4.78 is 0. The van der Waals surface area contributed by atoms with Gasteiger partial charge in [0.15, 0.2) is 0 Å². The minimum Gasteiger partial charge on any atom is -0.337 e. The van der Waals surface area contributed by atoms with E-state index in [1.807, 2.05) is 0 Å². The average molecular weight is 253 g/mol. The molecular weight excluding hydrogens is 222 g/mol. The molecule has 106 valence electrons. The van der Waals surface area contributed by atoms with Crippen LogP contribution in [0.1, 0.15) is 85.0 Å². The first kappa shape index (κ1) is 15.5. The second-order valence-corrected chi connectivity index (χ2v) is 5.95. The van der Waals surface area contributed by atoms with Gasteiger partial charge in [-0.3, -0.25) is 4.79 Å². The summed E-state index contributed by atoms with van der Waals surface area (Å²) in [5, 5.41) is 0. The van der Waals surface area contributed by atoms with Crippen LogP contribution in [0.15, 0.2) is 0 Å². The van der Waals surface area contributed by atoms with E-state index in [2.05, 4.69) is 25.7 Å². The van der Waals surface area contributed by atoms with Gasteiger partial charge in [-0.2, -0.15) is 0 Å². The molecule has 1 heterocycles. The number of carbonyl (C=O) groups is 1. The molecule has 2 atom stereocenters. The first-order valence-corrected chi connectivity index (χ1v) is 7.98. The summed E-state index contributed by atoms with van der Waals surface area (Å²) in [6.45, 7) is 6.65. The van der Waals surface area contributed by atoms with Crippen LogP contribution in [0.4, 0.5) is 0 Å². The molecule has 1 saturated heterocycles. The van der Waals surface area contributed by atoms with Gasteiger partial charge in [-0.25, -0.2) is 0 Å². The van der Waals surface area contributed by atoms with Gasteiger partial charge in [-0.05, 0) is 39.5 Å². The molecule has 1 rings (SSSR count).